The molecular weight excluding hydrogens is 242 g/mol. The van der Waals surface area contributed by atoms with E-state index in [1.807, 2.05) is 12.1 Å². The molecule has 0 aromatic heterocycles. The molecule has 0 aliphatic carbocycles. The zero-order valence-electron chi connectivity index (χ0n) is 11.0. The van der Waals surface area contributed by atoms with Crippen molar-refractivity contribution in [2.24, 2.45) is 0 Å². The lowest BCUT2D eigenvalue weighted by Crippen LogP contribution is -1.93. The van der Waals surface area contributed by atoms with Gasteiger partial charge in [0.1, 0.15) is 5.82 Å². The zero-order chi connectivity index (χ0) is 13.3. The fraction of sp³-hybridized carbons (Fsp3) is 0.250. The van der Waals surface area contributed by atoms with Gasteiger partial charge in [-0.15, -0.1) is 9.24 Å². The largest absolute Gasteiger partial charge is 0.207 e. The van der Waals surface area contributed by atoms with E-state index in [0.717, 1.165) is 17.3 Å². The molecule has 18 heavy (non-hydrogen) atoms. The maximum absolute atomic E-state index is 13.7. The second kappa shape index (κ2) is 5.20. The van der Waals surface area contributed by atoms with Gasteiger partial charge in [-0.1, -0.05) is 24.3 Å². The van der Waals surface area contributed by atoms with E-state index in [4.69, 9.17) is 0 Å². The summed E-state index contributed by atoms with van der Waals surface area (Å²) in [5.74, 6) is -0.138. The van der Waals surface area contributed by atoms with Gasteiger partial charge < -0.3 is 0 Å². The summed E-state index contributed by atoms with van der Waals surface area (Å²) in [7, 11) is 2.74. The van der Waals surface area contributed by atoms with Crippen LogP contribution in [0.15, 0.2) is 30.3 Å². The third-order valence-corrected chi connectivity index (χ3v) is 3.76. The van der Waals surface area contributed by atoms with E-state index >= 15 is 0 Å². The van der Waals surface area contributed by atoms with Crippen LogP contribution >= 0.6 is 9.24 Å². The number of hydrogen-bond donors (Lipinski definition) is 0. The molecule has 0 heterocycles. The smallest absolute Gasteiger partial charge is 0.126 e. The average Bonchev–Trinajstić information content (AvgIpc) is 2.32. The summed E-state index contributed by atoms with van der Waals surface area (Å²) in [5, 5.41) is 0. The number of hydrogen-bond acceptors (Lipinski definition) is 0. The molecule has 1 unspecified atom stereocenters. The molecule has 94 valence electrons. The van der Waals surface area contributed by atoms with Crippen molar-refractivity contribution in [2.75, 3.05) is 0 Å². The molecular formula is C16H18FP. The monoisotopic (exact) mass is 260 g/mol. The normalized spacial score (nSPS) is 10.7. The number of rotatable bonds is 2. The zero-order valence-corrected chi connectivity index (χ0v) is 12.2. The maximum atomic E-state index is 13.7. The fourth-order valence-electron chi connectivity index (χ4n) is 2.37. The van der Waals surface area contributed by atoms with E-state index in [9.17, 15) is 4.39 Å². The highest BCUT2D eigenvalue weighted by molar-refractivity contribution is 7.15. The van der Waals surface area contributed by atoms with E-state index in [0.29, 0.717) is 5.56 Å². The molecule has 0 nitrogen and oxygen atoms in total. The molecule has 0 N–H and O–H groups in total. The predicted molar refractivity (Wildman–Crippen MR) is 79.5 cm³/mol. The molecule has 2 aromatic carbocycles. The molecule has 0 saturated heterocycles. The van der Waals surface area contributed by atoms with Crippen LogP contribution in [0.2, 0.25) is 0 Å². The lowest BCUT2D eigenvalue weighted by atomic mass is 9.93. The fourth-order valence-corrected chi connectivity index (χ4v) is 2.61. The minimum absolute atomic E-state index is 0.138. The van der Waals surface area contributed by atoms with E-state index in [1.54, 1.807) is 13.0 Å². The van der Waals surface area contributed by atoms with Crippen molar-refractivity contribution in [3.8, 4) is 11.1 Å². The lowest BCUT2D eigenvalue weighted by molar-refractivity contribution is 0.619. The highest BCUT2D eigenvalue weighted by Crippen LogP contribution is 2.30. The van der Waals surface area contributed by atoms with Crippen LogP contribution in [0.5, 0.6) is 0 Å². The van der Waals surface area contributed by atoms with Crippen LogP contribution in [-0.2, 0) is 6.16 Å². The van der Waals surface area contributed by atoms with Crippen molar-refractivity contribution in [3.63, 3.8) is 0 Å². The van der Waals surface area contributed by atoms with Gasteiger partial charge in [-0.05, 0) is 66.4 Å². The van der Waals surface area contributed by atoms with Crippen molar-refractivity contribution in [2.45, 2.75) is 26.9 Å². The van der Waals surface area contributed by atoms with Crippen LogP contribution in [0.4, 0.5) is 4.39 Å². The topological polar surface area (TPSA) is 0 Å². The summed E-state index contributed by atoms with van der Waals surface area (Å²) in [4.78, 5) is 0. The molecule has 1 atom stereocenters. The summed E-state index contributed by atoms with van der Waals surface area (Å²) in [6, 6.07) is 9.81. The summed E-state index contributed by atoms with van der Waals surface area (Å²) in [6.45, 7) is 5.96. The molecule has 2 heteroatoms. The summed E-state index contributed by atoms with van der Waals surface area (Å²) < 4.78 is 13.7. The maximum Gasteiger partial charge on any atom is 0.126 e. The minimum atomic E-state index is -0.138. The molecule has 0 aliphatic heterocycles. The van der Waals surface area contributed by atoms with Crippen LogP contribution in [0.25, 0.3) is 11.1 Å². The summed E-state index contributed by atoms with van der Waals surface area (Å²) in [5.41, 5.74) is 6.51. The Morgan fingerprint density at radius 1 is 0.944 bits per heavy atom. The van der Waals surface area contributed by atoms with Gasteiger partial charge in [0.2, 0.25) is 0 Å². The molecule has 0 spiro atoms. The Kier molecular flexibility index (Phi) is 3.82. The third kappa shape index (κ3) is 2.47. The lowest BCUT2D eigenvalue weighted by Gasteiger charge is -2.13. The van der Waals surface area contributed by atoms with Gasteiger partial charge in [0.25, 0.3) is 0 Å². The van der Waals surface area contributed by atoms with Gasteiger partial charge >= 0.3 is 0 Å². The van der Waals surface area contributed by atoms with E-state index < -0.39 is 0 Å². The van der Waals surface area contributed by atoms with Crippen LogP contribution in [0.1, 0.15) is 22.3 Å². The summed E-state index contributed by atoms with van der Waals surface area (Å²) >= 11 is 0. The molecule has 2 aromatic rings. The molecule has 0 bridgehead atoms. The molecule has 0 amide bonds. The first kappa shape index (κ1) is 13.2. The molecule has 2 rings (SSSR count). The standard InChI is InChI=1S/C16H18FP/c1-10-4-5-14(8-15(10)17)16-11(2)6-13(9-18)7-12(16)3/h4-8H,9,18H2,1-3H3. The first-order valence-electron chi connectivity index (χ1n) is 6.09. The SMILES string of the molecule is Cc1ccc(-c2c(C)cc(CP)cc2C)cc1F. The number of benzene rings is 2. The molecule has 0 aliphatic rings. The Morgan fingerprint density at radius 2 is 1.56 bits per heavy atom. The molecule has 0 radical (unpaired) electrons. The van der Waals surface area contributed by atoms with Crippen molar-refractivity contribution in [1.82, 2.24) is 0 Å². The van der Waals surface area contributed by atoms with Crippen LogP contribution in [-0.4, -0.2) is 0 Å². The first-order chi connectivity index (χ1) is 8.52. The highest BCUT2D eigenvalue weighted by Gasteiger charge is 2.09. The van der Waals surface area contributed by atoms with E-state index in [-0.39, 0.29) is 5.82 Å². The van der Waals surface area contributed by atoms with Crippen molar-refractivity contribution in [1.29, 1.82) is 0 Å². The van der Waals surface area contributed by atoms with Gasteiger partial charge in [0.15, 0.2) is 0 Å². The number of halogens is 1. The van der Waals surface area contributed by atoms with Crippen molar-refractivity contribution < 1.29 is 4.39 Å². The van der Waals surface area contributed by atoms with Gasteiger partial charge in [-0.3, -0.25) is 0 Å². The second-order valence-electron chi connectivity index (χ2n) is 4.77. The van der Waals surface area contributed by atoms with E-state index in [2.05, 4.69) is 35.2 Å². The first-order valence-corrected chi connectivity index (χ1v) is 6.91. The Morgan fingerprint density at radius 3 is 2.06 bits per heavy atom. The van der Waals surface area contributed by atoms with Crippen molar-refractivity contribution >= 4 is 9.24 Å². The van der Waals surface area contributed by atoms with Gasteiger partial charge in [0.05, 0.1) is 0 Å². The Balaban J connectivity index is 2.60. The van der Waals surface area contributed by atoms with Gasteiger partial charge in [0, 0.05) is 0 Å². The number of aryl methyl sites for hydroxylation is 3. The highest BCUT2D eigenvalue weighted by atomic mass is 31.0. The molecule has 0 saturated carbocycles. The Labute approximate surface area is 110 Å². The van der Waals surface area contributed by atoms with Gasteiger partial charge in [-0.2, -0.15) is 0 Å². The van der Waals surface area contributed by atoms with Crippen LogP contribution < -0.4 is 0 Å². The summed E-state index contributed by atoms with van der Waals surface area (Å²) in [6.07, 6.45) is 0.949. The second-order valence-corrected chi connectivity index (χ2v) is 5.18. The van der Waals surface area contributed by atoms with Gasteiger partial charge in [-0.25, -0.2) is 4.39 Å². The van der Waals surface area contributed by atoms with Crippen LogP contribution in [0.3, 0.4) is 0 Å². The minimum Gasteiger partial charge on any atom is -0.207 e. The quantitative estimate of drug-likeness (QED) is 0.681. The average molecular weight is 260 g/mol. The molecule has 0 fully saturated rings. The Bertz CT molecular complexity index is 565. The van der Waals surface area contributed by atoms with Crippen molar-refractivity contribution in [3.05, 3.63) is 58.4 Å². The Hall–Kier alpha value is -1.20. The van der Waals surface area contributed by atoms with E-state index in [1.165, 1.54) is 16.7 Å². The van der Waals surface area contributed by atoms with Crippen LogP contribution in [0, 0.1) is 26.6 Å². The third-order valence-electron chi connectivity index (χ3n) is 3.29. The predicted octanol–water partition coefficient (Wildman–Crippen LogP) is 4.79.